The average Bonchev–Trinajstić information content (AvgIpc) is 2.39. The maximum atomic E-state index is 2.76. The Morgan fingerprint density at radius 1 is 0.895 bits per heavy atom. The van der Waals surface area contributed by atoms with Crippen molar-refractivity contribution in [1.82, 2.24) is 4.90 Å². The Kier molecular flexibility index (Phi) is 4.69. The van der Waals surface area contributed by atoms with Crippen LogP contribution in [0.1, 0.15) is 19.3 Å². The standard InChI is InChI=1S/C16H29NSi2/c1-18(2,3)19(4,16-11-7-5-8-12-16)15-17-13-9-6-10-14-17/h5,7-8,11-12H,6,9-10,13-15H2,1-4H3/t19-/m0/s1. The third kappa shape index (κ3) is 3.39. The third-order valence-electron chi connectivity index (χ3n) is 5.05. The Bertz CT molecular complexity index is 393. The molecule has 1 heterocycles. The summed E-state index contributed by atoms with van der Waals surface area (Å²) in [6, 6.07) is 11.4. The second kappa shape index (κ2) is 5.94. The van der Waals surface area contributed by atoms with Crippen LogP contribution in [0.2, 0.25) is 26.2 Å². The summed E-state index contributed by atoms with van der Waals surface area (Å²) in [5, 5.41) is 1.68. The monoisotopic (exact) mass is 291 g/mol. The highest BCUT2D eigenvalue weighted by Crippen LogP contribution is 2.22. The minimum absolute atomic E-state index is 1.14. The van der Waals surface area contributed by atoms with Gasteiger partial charge >= 0.3 is 0 Å². The molecule has 1 aromatic rings. The number of rotatable bonds is 4. The molecule has 0 radical (unpaired) electrons. The van der Waals surface area contributed by atoms with E-state index in [1.54, 1.807) is 5.19 Å². The second-order valence-corrected chi connectivity index (χ2v) is 23.2. The highest BCUT2D eigenvalue weighted by molar-refractivity contribution is 7.45. The highest BCUT2D eigenvalue weighted by atomic mass is 29.3. The largest absolute Gasteiger partial charge is 0.306 e. The van der Waals surface area contributed by atoms with E-state index in [0.29, 0.717) is 0 Å². The Hall–Kier alpha value is -0.386. The summed E-state index contributed by atoms with van der Waals surface area (Å²) < 4.78 is 0. The van der Waals surface area contributed by atoms with E-state index < -0.39 is 15.2 Å². The van der Waals surface area contributed by atoms with E-state index >= 15 is 0 Å². The summed E-state index contributed by atoms with van der Waals surface area (Å²) >= 11 is 0. The van der Waals surface area contributed by atoms with E-state index in [-0.39, 0.29) is 0 Å². The number of benzene rings is 1. The zero-order chi connectivity index (χ0) is 13.9. The van der Waals surface area contributed by atoms with Gasteiger partial charge in [-0.1, -0.05) is 68.1 Å². The summed E-state index contributed by atoms with van der Waals surface area (Å²) in [6.45, 7) is 13.0. The van der Waals surface area contributed by atoms with E-state index in [0.717, 1.165) is 0 Å². The maximum absolute atomic E-state index is 2.76. The zero-order valence-electron chi connectivity index (χ0n) is 13.1. The highest BCUT2D eigenvalue weighted by Gasteiger charge is 2.43. The molecule has 1 aromatic carbocycles. The quantitative estimate of drug-likeness (QED) is 0.769. The molecule has 0 bridgehead atoms. The molecule has 0 amide bonds. The van der Waals surface area contributed by atoms with E-state index in [1.165, 1.54) is 38.5 Å². The molecule has 106 valence electrons. The number of hydrogen-bond acceptors (Lipinski definition) is 1. The van der Waals surface area contributed by atoms with E-state index in [4.69, 9.17) is 0 Å². The van der Waals surface area contributed by atoms with Gasteiger partial charge in [0, 0.05) is 7.59 Å². The third-order valence-corrected chi connectivity index (χ3v) is 22.3. The smallest absolute Gasteiger partial charge is 0.0909 e. The van der Waals surface area contributed by atoms with Crippen LogP contribution in [-0.2, 0) is 0 Å². The first-order valence-corrected chi connectivity index (χ1v) is 14.9. The summed E-state index contributed by atoms with van der Waals surface area (Å²) in [7, 11) is -2.49. The molecule has 1 saturated heterocycles. The molecule has 1 nitrogen and oxygen atoms in total. The number of nitrogens with zero attached hydrogens (tertiary/aromatic N) is 1. The van der Waals surface area contributed by atoms with Crippen LogP contribution in [0, 0.1) is 0 Å². The van der Waals surface area contributed by atoms with Crippen LogP contribution in [0.4, 0.5) is 0 Å². The van der Waals surface area contributed by atoms with Crippen LogP contribution in [-0.4, -0.2) is 39.3 Å². The molecule has 0 saturated carbocycles. The van der Waals surface area contributed by atoms with Crippen LogP contribution >= 0.6 is 0 Å². The van der Waals surface area contributed by atoms with Gasteiger partial charge in [0.25, 0.3) is 0 Å². The minimum atomic E-state index is -1.35. The molecule has 19 heavy (non-hydrogen) atoms. The Morgan fingerprint density at radius 2 is 1.47 bits per heavy atom. The molecule has 3 heteroatoms. The van der Waals surface area contributed by atoms with Gasteiger partial charge in [0.15, 0.2) is 0 Å². The first-order chi connectivity index (χ1) is 8.93. The van der Waals surface area contributed by atoms with Crippen molar-refractivity contribution in [3.8, 4) is 0 Å². The fraction of sp³-hybridized carbons (Fsp3) is 0.625. The van der Waals surface area contributed by atoms with Crippen LogP contribution in [0.15, 0.2) is 30.3 Å². The van der Waals surface area contributed by atoms with Crippen LogP contribution < -0.4 is 5.19 Å². The molecule has 0 spiro atoms. The Balaban J connectivity index is 2.25. The van der Waals surface area contributed by atoms with E-state index in [1.807, 2.05) is 0 Å². The summed E-state index contributed by atoms with van der Waals surface area (Å²) in [5.41, 5.74) is 0. The number of piperidine rings is 1. The molecule has 0 N–H and O–H groups in total. The molecule has 1 aliphatic heterocycles. The van der Waals surface area contributed by atoms with Gasteiger partial charge in [-0.15, -0.1) is 0 Å². The first-order valence-electron chi connectivity index (χ1n) is 7.71. The van der Waals surface area contributed by atoms with Crippen molar-refractivity contribution in [1.29, 1.82) is 0 Å². The van der Waals surface area contributed by atoms with Gasteiger partial charge in [-0.3, -0.25) is 0 Å². The van der Waals surface area contributed by atoms with Gasteiger partial charge in [-0.05, 0) is 32.1 Å². The Labute approximate surface area is 120 Å². The molecule has 0 aliphatic carbocycles. The number of likely N-dealkylation sites (tertiary alicyclic amines) is 1. The predicted octanol–water partition coefficient (Wildman–Crippen LogP) is 3.41. The Morgan fingerprint density at radius 3 is 2.00 bits per heavy atom. The molecule has 2 rings (SSSR count). The van der Waals surface area contributed by atoms with Crippen molar-refractivity contribution in [2.75, 3.05) is 19.3 Å². The lowest BCUT2D eigenvalue weighted by molar-refractivity contribution is 0.260. The molecule has 0 unspecified atom stereocenters. The maximum Gasteiger partial charge on any atom is 0.0909 e. The van der Waals surface area contributed by atoms with Gasteiger partial charge in [-0.2, -0.15) is 0 Å². The zero-order valence-corrected chi connectivity index (χ0v) is 15.1. The van der Waals surface area contributed by atoms with Gasteiger partial charge in [0.05, 0.1) is 7.59 Å². The molecule has 1 aliphatic rings. The van der Waals surface area contributed by atoms with Gasteiger partial charge in [-0.25, -0.2) is 0 Å². The molecule has 0 aromatic heterocycles. The lowest BCUT2D eigenvalue weighted by Crippen LogP contribution is -2.69. The summed E-state index contributed by atoms with van der Waals surface area (Å²) in [5.74, 6) is 0. The van der Waals surface area contributed by atoms with Crippen molar-refractivity contribution >= 4 is 20.4 Å². The van der Waals surface area contributed by atoms with Crippen molar-refractivity contribution in [2.45, 2.75) is 45.5 Å². The van der Waals surface area contributed by atoms with Gasteiger partial charge in [0.2, 0.25) is 0 Å². The van der Waals surface area contributed by atoms with Crippen LogP contribution in [0.3, 0.4) is 0 Å². The number of hydrogen-bond donors (Lipinski definition) is 0. The van der Waals surface area contributed by atoms with Crippen LogP contribution in [0.25, 0.3) is 0 Å². The molecular formula is C16H29NSi2. The lowest BCUT2D eigenvalue weighted by Gasteiger charge is -2.43. The van der Waals surface area contributed by atoms with Crippen molar-refractivity contribution in [3.05, 3.63) is 30.3 Å². The topological polar surface area (TPSA) is 3.24 Å². The molecule has 1 atom stereocenters. The predicted molar refractivity (Wildman–Crippen MR) is 91.3 cm³/mol. The lowest BCUT2D eigenvalue weighted by atomic mass is 10.1. The summed E-state index contributed by atoms with van der Waals surface area (Å²) in [6.07, 6.45) is 5.63. The normalized spacial score (nSPS) is 21.1. The van der Waals surface area contributed by atoms with Crippen molar-refractivity contribution in [2.24, 2.45) is 0 Å². The van der Waals surface area contributed by atoms with Gasteiger partial charge in [0.1, 0.15) is 0 Å². The van der Waals surface area contributed by atoms with Crippen LogP contribution in [0.5, 0.6) is 0 Å². The fourth-order valence-corrected chi connectivity index (χ4v) is 12.0. The average molecular weight is 292 g/mol. The van der Waals surface area contributed by atoms with Crippen molar-refractivity contribution in [3.63, 3.8) is 0 Å². The second-order valence-electron chi connectivity index (χ2n) is 7.28. The van der Waals surface area contributed by atoms with E-state index in [2.05, 4.69) is 61.4 Å². The first kappa shape index (κ1) is 15.0. The van der Waals surface area contributed by atoms with Gasteiger partial charge < -0.3 is 4.90 Å². The molecular weight excluding hydrogens is 262 g/mol. The summed E-state index contributed by atoms with van der Waals surface area (Å²) in [4.78, 5) is 2.76. The minimum Gasteiger partial charge on any atom is -0.306 e. The molecule has 1 fully saturated rings. The van der Waals surface area contributed by atoms with E-state index in [9.17, 15) is 0 Å². The SMILES string of the molecule is C[Si](C)(C)[Si@@](C)(CN1CCCCC1)c1ccccc1. The van der Waals surface area contributed by atoms with Crippen molar-refractivity contribution < 1.29 is 0 Å². The fourth-order valence-electron chi connectivity index (χ4n) is 3.13.